The van der Waals surface area contributed by atoms with Crippen LogP contribution in [0.15, 0.2) is 71.1 Å². The maximum absolute atomic E-state index is 14.0. The summed E-state index contributed by atoms with van der Waals surface area (Å²) in [4.78, 5) is 44.2. The van der Waals surface area contributed by atoms with Gasteiger partial charge in [0.25, 0.3) is 4.92 Å². The van der Waals surface area contributed by atoms with Gasteiger partial charge in [0.2, 0.25) is 15.9 Å². The maximum atomic E-state index is 14.0. The lowest BCUT2D eigenvalue weighted by atomic mass is 9.81. The fraction of sp³-hybridized carbons (Fsp3) is 0.442. The second-order valence-electron chi connectivity index (χ2n) is 15.6. The molecule has 6 rings (SSSR count). The molecule has 0 radical (unpaired) electrons. The number of amides is 1. The van der Waals surface area contributed by atoms with Crippen LogP contribution in [0.5, 0.6) is 5.75 Å². The first kappa shape index (κ1) is 40.6. The summed E-state index contributed by atoms with van der Waals surface area (Å²) in [6.07, 6.45) is 9.47. The van der Waals surface area contributed by atoms with Crippen molar-refractivity contribution in [2.75, 3.05) is 34.4 Å². The van der Waals surface area contributed by atoms with Gasteiger partial charge in [-0.05, 0) is 106 Å². The lowest BCUT2D eigenvalue weighted by Gasteiger charge is -2.24. The number of para-hydroxylation sites is 1. The van der Waals surface area contributed by atoms with E-state index < -0.39 is 21.6 Å². The number of nitrogens with one attached hydrogen (secondary N) is 1. The van der Waals surface area contributed by atoms with Crippen LogP contribution in [0.2, 0.25) is 0 Å². The normalized spacial score (nSPS) is 14.7. The Labute approximate surface area is 329 Å². The van der Waals surface area contributed by atoms with Crippen molar-refractivity contribution in [3.63, 3.8) is 0 Å². The Morgan fingerprint density at radius 1 is 0.964 bits per heavy atom. The van der Waals surface area contributed by atoms with Crippen LogP contribution >= 0.6 is 0 Å². The zero-order valence-corrected chi connectivity index (χ0v) is 34.0. The number of aromatic nitrogens is 1. The molecule has 0 bridgehead atoms. The molecular formula is C43H53N4O8S+. The SMILES string of the molecule is COc1ccc2c(c1)C=C(C(=O)NCCCCCN(C)S(=O)(=O)c1ccccc1[N+](=O)OC)Cn1c-2c(C2CCCCC2)c2ccc(C(=O)OC(C)(C)C)cc21. The molecule has 0 saturated heterocycles. The molecular weight excluding hydrogens is 733 g/mol. The van der Waals surface area contributed by atoms with E-state index in [-0.39, 0.29) is 28.0 Å². The van der Waals surface area contributed by atoms with E-state index in [4.69, 9.17) is 14.3 Å². The van der Waals surface area contributed by atoms with E-state index in [1.165, 1.54) is 42.6 Å². The zero-order chi connectivity index (χ0) is 40.2. The Bertz CT molecular complexity index is 2260. The summed E-state index contributed by atoms with van der Waals surface area (Å²) in [5.74, 6) is 0.439. The van der Waals surface area contributed by atoms with Crippen molar-refractivity contribution in [2.24, 2.45) is 0 Å². The molecule has 4 aromatic rings. The molecule has 12 nitrogen and oxygen atoms in total. The van der Waals surface area contributed by atoms with Crippen molar-refractivity contribution in [3.8, 4) is 17.0 Å². The molecule has 3 aromatic carbocycles. The second-order valence-corrected chi connectivity index (χ2v) is 17.6. The maximum Gasteiger partial charge on any atom is 0.338 e. The molecule has 2 aliphatic rings. The average Bonchev–Trinajstić information content (AvgIpc) is 3.40. The monoisotopic (exact) mass is 785 g/mol. The van der Waals surface area contributed by atoms with E-state index in [1.807, 2.05) is 57.2 Å². The van der Waals surface area contributed by atoms with Gasteiger partial charge in [-0.3, -0.25) is 4.79 Å². The number of unbranched alkanes of at least 4 members (excludes halogenated alkanes) is 2. The number of carbonyl (C=O) groups is 2. The average molecular weight is 786 g/mol. The highest BCUT2D eigenvalue weighted by Gasteiger charge is 2.33. The molecule has 1 aromatic heterocycles. The highest BCUT2D eigenvalue weighted by Crippen LogP contribution is 2.47. The number of nitrogens with zero attached hydrogens (tertiary/aromatic N) is 3. The minimum absolute atomic E-state index is 0.0906. The highest BCUT2D eigenvalue weighted by molar-refractivity contribution is 7.89. The number of carbonyl (C=O) groups excluding carboxylic acids is 2. The molecule has 0 unspecified atom stereocenters. The van der Waals surface area contributed by atoms with E-state index in [9.17, 15) is 22.9 Å². The number of benzene rings is 3. The van der Waals surface area contributed by atoms with Crippen LogP contribution in [0.3, 0.4) is 0 Å². The molecule has 1 amide bonds. The van der Waals surface area contributed by atoms with Gasteiger partial charge in [0.15, 0.2) is 12.0 Å². The number of sulfonamides is 1. The van der Waals surface area contributed by atoms with E-state index in [0.29, 0.717) is 55.2 Å². The molecule has 1 aliphatic carbocycles. The van der Waals surface area contributed by atoms with Crippen LogP contribution in [0.1, 0.15) is 99.5 Å². The van der Waals surface area contributed by atoms with Gasteiger partial charge in [-0.2, -0.15) is 0 Å². The van der Waals surface area contributed by atoms with Gasteiger partial charge < -0.3 is 19.4 Å². The van der Waals surface area contributed by atoms with Gasteiger partial charge in [-0.1, -0.05) is 43.9 Å². The largest absolute Gasteiger partial charge is 0.497 e. The predicted octanol–water partition coefficient (Wildman–Crippen LogP) is 8.30. The fourth-order valence-corrected chi connectivity index (χ4v) is 9.17. The summed E-state index contributed by atoms with van der Waals surface area (Å²) >= 11 is 0. The van der Waals surface area contributed by atoms with Crippen LogP contribution in [-0.4, -0.2) is 74.0 Å². The highest BCUT2D eigenvalue weighted by atomic mass is 32.2. The predicted molar refractivity (Wildman–Crippen MR) is 216 cm³/mol. The van der Waals surface area contributed by atoms with Crippen LogP contribution in [0.25, 0.3) is 28.2 Å². The lowest BCUT2D eigenvalue weighted by molar-refractivity contribution is -0.738. The number of fused-ring (bicyclic) bond motifs is 5. The van der Waals surface area contributed by atoms with Crippen LogP contribution in [-0.2, 0) is 30.9 Å². The zero-order valence-electron chi connectivity index (χ0n) is 33.2. The van der Waals surface area contributed by atoms with Crippen LogP contribution in [0.4, 0.5) is 5.69 Å². The molecule has 298 valence electrons. The van der Waals surface area contributed by atoms with Crippen molar-refractivity contribution in [2.45, 2.75) is 95.1 Å². The van der Waals surface area contributed by atoms with Gasteiger partial charge in [-0.15, -0.1) is 0 Å². The molecule has 2 heterocycles. The Kier molecular flexibility index (Phi) is 12.3. The van der Waals surface area contributed by atoms with E-state index in [0.717, 1.165) is 53.4 Å². The topological polar surface area (TPSA) is 136 Å². The van der Waals surface area contributed by atoms with Gasteiger partial charge >= 0.3 is 11.7 Å². The Morgan fingerprint density at radius 2 is 1.71 bits per heavy atom. The lowest BCUT2D eigenvalue weighted by Crippen LogP contribution is -2.29. The van der Waals surface area contributed by atoms with E-state index in [2.05, 4.69) is 16.0 Å². The minimum atomic E-state index is -3.94. The number of hydrogen-bond acceptors (Lipinski definition) is 8. The van der Waals surface area contributed by atoms with E-state index >= 15 is 0 Å². The Morgan fingerprint density at radius 3 is 2.43 bits per heavy atom. The van der Waals surface area contributed by atoms with Crippen LogP contribution in [0, 0.1) is 4.91 Å². The molecule has 56 heavy (non-hydrogen) atoms. The van der Waals surface area contributed by atoms with Crippen molar-refractivity contribution < 1.29 is 37.2 Å². The summed E-state index contributed by atoms with van der Waals surface area (Å²) in [7, 11) is 0.350. The molecule has 1 fully saturated rings. The first-order valence-corrected chi connectivity index (χ1v) is 20.8. The van der Waals surface area contributed by atoms with Crippen molar-refractivity contribution >= 4 is 44.6 Å². The number of esters is 1. The van der Waals surface area contributed by atoms with Gasteiger partial charge in [0.05, 0.1) is 29.8 Å². The molecule has 1 aliphatic heterocycles. The fourth-order valence-electron chi connectivity index (χ4n) is 7.81. The second kappa shape index (κ2) is 17.0. The molecule has 1 saturated carbocycles. The Hall–Kier alpha value is -5.01. The number of rotatable bonds is 14. The van der Waals surface area contributed by atoms with Crippen LogP contribution < -0.4 is 10.1 Å². The Balaban J connectivity index is 1.22. The third-order valence-electron chi connectivity index (χ3n) is 10.6. The quantitative estimate of drug-likeness (QED) is 0.0767. The molecule has 0 atom stereocenters. The van der Waals surface area contributed by atoms with Gasteiger partial charge in [0, 0.05) is 48.2 Å². The first-order chi connectivity index (χ1) is 26.7. The number of methoxy groups -OCH3 is 1. The van der Waals surface area contributed by atoms with Gasteiger partial charge in [-0.25, -0.2) is 22.4 Å². The van der Waals surface area contributed by atoms with Crippen molar-refractivity contribution in [3.05, 3.63) is 87.8 Å². The molecule has 1 N–H and O–H groups in total. The van der Waals surface area contributed by atoms with E-state index in [1.54, 1.807) is 19.2 Å². The molecule has 13 heteroatoms. The third kappa shape index (κ3) is 8.68. The first-order valence-electron chi connectivity index (χ1n) is 19.4. The summed E-state index contributed by atoms with van der Waals surface area (Å²) in [6.45, 7) is 6.49. The summed E-state index contributed by atoms with van der Waals surface area (Å²) < 4.78 is 41.4. The molecule has 0 spiro atoms. The minimum Gasteiger partial charge on any atom is -0.497 e. The summed E-state index contributed by atoms with van der Waals surface area (Å²) in [5.41, 5.74) is 5.40. The third-order valence-corrected chi connectivity index (χ3v) is 12.5. The summed E-state index contributed by atoms with van der Waals surface area (Å²) in [6, 6.07) is 17.7. The van der Waals surface area contributed by atoms with Crippen molar-refractivity contribution in [1.29, 1.82) is 0 Å². The number of hydrogen-bond donors (Lipinski definition) is 1. The number of ether oxygens (including phenoxy) is 2. The van der Waals surface area contributed by atoms with Gasteiger partial charge in [0.1, 0.15) is 11.4 Å². The van der Waals surface area contributed by atoms with Crippen molar-refractivity contribution in [1.82, 2.24) is 14.2 Å². The summed E-state index contributed by atoms with van der Waals surface area (Å²) in [5, 5.41) is 4.19. The standard InChI is InChI=1S/C43H52N4O8S/c1-43(2,3)55-42(49)30-19-21-35-37(27-30)46-28-32(25-31-26-33(53-5)20-22-34(31)40(46)39(35)29-15-9-7-10-16-29)41(48)44-23-13-8-14-24-45(4)56(51,52)38-18-12-11-17-36(38)47(50)54-6/h11-12,17-22,25-27,29H,7-10,13-16,23-24,28H2,1-6H3/p+1. The smallest absolute Gasteiger partial charge is 0.338 e.